The molecular formula is C30H25FN6O. The fraction of sp³-hybridized carbons (Fsp3) is 0.133. The molecule has 1 amide bonds. The molecule has 2 heterocycles. The molecule has 0 spiro atoms. The van der Waals surface area contributed by atoms with E-state index < -0.39 is 0 Å². The predicted octanol–water partition coefficient (Wildman–Crippen LogP) is 5.20. The van der Waals surface area contributed by atoms with E-state index in [0.717, 1.165) is 38.6 Å². The van der Waals surface area contributed by atoms with Crippen molar-refractivity contribution in [3.63, 3.8) is 0 Å². The molecule has 1 unspecified atom stereocenters. The topological polar surface area (TPSA) is 84.7 Å². The molecule has 0 bridgehead atoms. The third-order valence-corrected chi connectivity index (χ3v) is 6.11. The average molecular weight is 505 g/mol. The summed E-state index contributed by atoms with van der Waals surface area (Å²) in [6.07, 6.45) is 4.90. The van der Waals surface area contributed by atoms with E-state index in [-0.39, 0.29) is 24.2 Å². The minimum Gasteiger partial charge on any atom is -0.345 e. The van der Waals surface area contributed by atoms with Crippen molar-refractivity contribution in [2.75, 3.05) is 11.9 Å². The first-order chi connectivity index (χ1) is 18.5. The number of rotatable bonds is 7. The van der Waals surface area contributed by atoms with Crippen LogP contribution in [0.2, 0.25) is 0 Å². The van der Waals surface area contributed by atoms with Crippen LogP contribution in [0.15, 0.2) is 85.8 Å². The first-order valence-corrected chi connectivity index (χ1v) is 12.1. The van der Waals surface area contributed by atoms with Crippen LogP contribution in [-0.4, -0.2) is 32.2 Å². The number of nitrogens with zero attached hydrogens (tertiary/aromatic N) is 4. The third kappa shape index (κ3) is 5.52. The van der Waals surface area contributed by atoms with E-state index in [9.17, 15) is 9.18 Å². The van der Waals surface area contributed by atoms with Gasteiger partial charge in [-0.2, -0.15) is 5.10 Å². The van der Waals surface area contributed by atoms with E-state index in [1.807, 2.05) is 47.1 Å². The second-order valence-corrected chi connectivity index (χ2v) is 8.83. The highest BCUT2D eigenvalue weighted by Crippen LogP contribution is 2.26. The lowest BCUT2D eigenvalue weighted by molar-refractivity contribution is -0.122. The van der Waals surface area contributed by atoms with Crippen LogP contribution in [0, 0.1) is 23.6 Å². The monoisotopic (exact) mass is 504 g/mol. The molecule has 0 saturated heterocycles. The average Bonchev–Trinajstić information content (AvgIpc) is 3.32. The van der Waals surface area contributed by atoms with Crippen molar-refractivity contribution < 1.29 is 9.18 Å². The van der Waals surface area contributed by atoms with Gasteiger partial charge in [0, 0.05) is 22.0 Å². The number of anilines is 2. The first-order valence-electron chi connectivity index (χ1n) is 12.1. The lowest BCUT2D eigenvalue weighted by atomic mass is 10.1. The highest BCUT2D eigenvalue weighted by atomic mass is 19.1. The van der Waals surface area contributed by atoms with Gasteiger partial charge in [0.25, 0.3) is 0 Å². The molecule has 0 aliphatic heterocycles. The van der Waals surface area contributed by atoms with Crippen LogP contribution >= 0.6 is 0 Å². The summed E-state index contributed by atoms with van der Waals surface area (Å²) in [6, 6.07) is 18.2. The molecule has 188 valence electrons. The van der Waals surface area contributed by atoms with Gasteiger partial charge in [0.1, 0.15) is 18.0 Å². The molecule has 8 heteroatoms. The molecular weight excluding hydrogens is 479 g/mol. The molecule has 0 fully saturated rings. The van der Waals surface area contributed by atoms with Crippen molar-refractivity contribution >= 4 is 39.2 Å². The van der Waals surface area contributed by atoms with Gasteiger partial charge in [0.2, 0.25) is 5.91 Å². The Kier molecular flexibility index (Phi) is 7.09. The summed E-state index contributed by atoms with van der Waals surface area (Å²) in [5.41, 5.74) is 4.20. The zero-order valence-electron chi connectivity index (χ0n) is 20.8. The Morgan fingerprint density at radius 2 is 2.05 bits per heavy atom. The molecule has 5 rings (SSSR count). The Hall–Kier alpha value is -5.03. The van der Waals surface area contributed by atoms with E-state index in [1.165, 1.54) is 18.5 Å². The zero-order chi connectivity index (χ0) is 26.5. The first kappa shape index (κ1) is 24.7. The maximum absolute atomic E-state index is 13.6. The standard InChI is InChI=1S/C30H25FN6O/c1-3-20(2)30(38)32-13-5-7-21-9-11-27-26(15-21)29(34-19-33-27)36-25-10-12-28-23(16-25)17-35-37(28)18-22-6-4-8-24(31)14-22/h3-4,6,8-12,14-17,19-20H,1,13,18H2,2H3,(H,32,38)(H,33,34,36). The van der Waals surface area contributed by atoms with Crippen LogP contribution in [0.5, 0.6) is 0 Å². The number of nitrogens with one attached hydrogen (secondary N) is 2. The lowest BCUT2D eigenvalue weighted by Crippen LogP contribution is -2.28. The Balaban J connectivity index is 1.35. The van der Waals surface area contributed by atoms with Gasteiger partial charge >= 0.3 is 0 Å². The molecule has 2 N–H and O–H groups in total. The minimum absolute atomic E-state index is 0.107. The minimum atomic E-state index is -0.262. The third-order valence-electron chi connectivity index (χ3n) is 6.11. The van der Waals surface area contributed by atoms with Crippen molar-refractivity contribution in [2.45, 2.75) is 13.5 Å². The van der Waals surface area contributed by atoms with Gasteiger partial charge in [-0.05, 0) is 54.1 Å². The van der Waals surface area contributed by atoms with Crippen molar-refractivity contribution in [3.8, 4) is 11.8 Å². The second kappa shape index (κ2) is 10.9. The predicted molar refractivity (Wildman–Crippen MR) is 147 cm³/mol. The molecule has 0 aliphatic rings. The summed E-state index contributed by atoms with van der Waals surface area (Å²) in [5.74, 6) is 6.09. The number of hydrogen-bond donors (Lipinski definition) is 2. The number of hydrogen-bond acceptors (Lipinski definition) is 5. The van der Waals surface area contributed by atoms with Gasteiger partial charge < -0.3 is 10.6 Å². The van der Waals surface area contributed by atoms with Gasteiger partial charge in [-0.1, -0.05) is 37.0 Å². The number of aromatic nitrogens is 4. The van der Waals surface area contributed by atoms with Crippen LogP contribution in [0.25, 0.3) is 21.8 Å². The smallest absolute Gasteiger partial charge is 0.227 e. The number of amides is 1. The molecule has 0 aliphatic carbocycles. The number of halogens is 1. The fourth-order valence-corrected chi connectivity index (χ4v) is 4.02. The Labute approximate surface area is 219 Å². The maximum atomic E-state index is 13.6. The zero-order valence-corrected chi connectivity index (χ0v) is 20.8. The van der Waals surface area contributed by atoms with Crippen LogP contribution in [0.4, 0.5) is 15.9 Å². The Bertz CT molecular complexity index is 1710. The van der Waals surface area contributed by atoms with Gasteiger partial charge in [-0.25, -0.2) is 14.4 Å². The van der Waals surface area contributed by atoms with Crippen LogP contribution < -0.4 is 10.6 Å². The molecule has 0 radical (unpaired) electrons. The number of carbonyl (C=O) groups excluding carboxylic acids is 1. The highest BCUT2D eigenvalue weighted by Gasteiger charge is 2.09. The van der Waals surface area contributed by atoms with Crippen LogP contribution in [-0.2, 0) is 11.3 Å². The van der Waals surface area contributed by atoms with Gasteiger partial charge in [0.15, 0.2) is 0 Å². The summed E-state index contributed by atoms with van der Waals surface area (Å²) >= 11 is 0. The van der Waals surface area contributed by atoms with Gasteiger partial charge in [-0.3, -0.25) is 9.48 Å². The number of fused-ring (bicyclic) bond motifs is 2. The fourth-order valence-electron chi connectivity index (χ4n) is 4.02. The number of carbonyl (C=O) groups is 1. The summed E-state index contributed by atoms with van der Waals surface area (Å²) in [6.45, 7) is 6.14. The van der Waals surface area contributed by atoms with E-state index in [0.29, 0.717) is 12.4 Å². The van der Waals surface area contributed by atoms with E-state index in [1.54, 1.807) is 25.3 Å². The molecule has 7 nitrogen and oxygen atoms in total. The van der Waals surface area contributed by atoms with Crippen molar-refractivity contribution in [1.82, 2.24) is 25.1 Å². The van der Waals surface area contributed by atoms with Crippen molar-refractivity contribution in [3.05, 3.63) is 103 Å². The number of benzene rings is 3. The quantitative estimate of drug-likeness (QED) is 0.235. The molecule has 0 saturated carbocycles. The summed E-state index contributed by atoms with van der Waals surface area (Å²) in [7, 11) is 0. The maximum Gasteiger partial charge on any atom is 0.227 e. The largest absolute Gasteiger partial charge is 0.345 e. The van der Waals surface area contributed by atoms with E-state index in [4.69, 9.17) is 0 Å². The molecule has 1 atom stereocenters. The Morgan fingerprint density at radius 1 is 1.16 bits per heavy atom. The lowest BCUT2D eigenvalue weighted by Gasteiger charge is -2.09. The second-order valence-electron chi connectivity index (χ2n) is 8.83. The summed E-state index contributed by atoms with van der Waals surface area (Å²) in [5, 5.41) is 12.4. The molecule has 2 aromatic heterocycles. The summed E-state index contributed by atoms with van der Waals surface area (Å²) < 4.78 is 15.4. The molecule has 38 heavy (non-hydrogen) atoms. The molecule has 3 aromatic carbocycles. The van der Waals surface area contributed by atoms with Crippen LogP contribution in [0.1, 0.15) is 18.1 Å². The van der Waals surface area contributed by atoms with E-state index >= 15 is 0 Å². The van der Waals surface area contributed by atoms with Crippen molar-refractivity contribution in [1.29, 1.82) is 0 Å². The summed E-state index contributed by atoms with van der Waals surface area (Å²) in [4.78, 5) is 20.7. The van der Waals surface area contributed by atoms with Crippen molar-refractivity contribution in [2.24, 2.45) is 5.92 Å². The van der Waals surface area contributed by atoms with Gasteiger partial charge in [-0.15, -0.1) is 6.58 Å². The SMILES string of the molecule is C=CC(C)C(=O)NCC#Cc1ccc2ncnc(Nc3ccc4c(cnn4Cc4cccc(F)c4)c3)c2c1. The highest BCUT2D eigenvalue weighted by molar-refractivity contribution is 5.92. The normalized spacial score (nSPS) is 11.5. The Morgan fingerprint density at radius 3 is 2.89 bits per heavy atom. The van der Waals surface area contributed by atoms with Gasteiger partial charge in [0.05, 0.1) is 36.2 Å². The van der Waals surface area contributed by atoms with Crippen LogP contribution in [0.3, 0.4) is 0 Å². The van der Waals surface area contributed by atoms with E-state index in [2.05, 4.69) is 44.1 Å². The molecule has 5 aromatic rings.